The van der Waals surface area contributed by atoms with E-state index >= 15 is 0 Å². The van der Waals surface area contributed by atoms with Crippen molar-refractivity contribution in [2.75, 3.05) is 26.2 Å². The quantitative estimate of drug-likeness (QED) is 0.570. The molecule has 2 aliphatic heterocycles. The number of H-pyrrole nitrogens is 1. The van der Waals surface area contributed by atoms with Crippen LogP contribution in [0.1, 0.15) is 37.1 Å². The monoisotopic (exact) mass is 399 g/mol. The number of nitrogens with one attached hydrogen (secondary N) is 3. The molecule has 3 heterocycles. The first-order chi connectivity index (χ1) is 14.0. The van der Waals surface area contributed by atoms with E-state index in [0.29, 0.717) is 19.4 Å². The van der Waals surface area contributed by atoms with Gasteiger partial charge < -0.3 is 20.7 Å². The number of carbonyl (C=O) groups excluding carboxylic acids is 2. The summed E-state index contributed by atoms with van der Waals surface area (Å²) in [4.78, 5) is 35.3. The van der Waals surface area contributed by atoms with Gasteiger partial charge in [-0.15, -0.1) is 0 Å². The third-order valence-corrected chi connectivity index (χ3v) is 6.11. The van der Waals surface area contributed by atoms with E-state index in [-0.39, 0.29) is 31.0 Å². The van der Waals surface area contributed by atoms with Gasteiger partial charge in [-0.05, 0) is 56.8 Å². The van der Waals surface area contributed by atoms with Crippen LogP contribution < -0.4 is 10.6 Å². The lowest BCUT2D eigenvalue weighted by Gasteiger charge is -2.40. The summed E-state index contributed by atoms with van der Waals surface area (Å²) in [5, 5.41) is 15.0. The molecule has 0 saturated carbocycles. The van der Waals surface area contributed by atoms with Crippen molar-refractivity contribution in [1.82, 2.24) is 25.5 Å². The first-order valence-corrected chi connectivity index (χ1v) is 10.4. The molecule has 1 aromatic heterocycles. The Hall–Kier alpha value is -2.45. The van der Waals surface area contributed by atoms with Gasteiger partial charge >= 0.3 is 0 Å². The van der Waals surface area contributed by atoms with E-state index in [2.05, 4.69) is 25.5 Å². The van der Waals surface area contributed by atoms with Crippen LogP contribution in [0.3, 0.4) is 0 Å². The second-order valence-electron chi connectivity index (χ2n) is 8.23. The molecule has 0 spiro atoms. The van der Waals surface area contributed by atoms with Gasteiger partial charge in [0.15, 0.2) is 0 Å². The number of piperidine rings is 1. The molecule has 156 valence electrons. The average Bonchev–Trinajstić information content (AvgIpc) is 3.25. The first-order valence-electron chi connectivity index (χ1n) is 10.4. The molecule has 2 aromatic rings. The molecule has 2 aliphatic rings. The first kappa shape index (κ1) is 19.8. The number of imidazole rings is 1. The molecule has 4 N–H and O–H groups in total. The number of aliphatic hydroxyl groups is 1. The van der Waals surface area contributed by atoms with Gasteiger partial charge in [0.1, 0.15) is 11.4 Å². The molecule has 0 aliphatic carbocycles. The second kappa shape index (κ2) is 8.12. The summed E-state index contributed by atoms with van der Waals surface area (Å²) in [7, 11) is 0. The lowest BCUT2D eigenvalue weighted by atomic mass is 9.84. The number of amides is 2. The Balaban J connectivity index is 1.40. The number of rotatable bonds is 6. The van der Waals surface area contributed by atoms with Crippen LogP contribution in [-0.4, -0.2) is 69.6 Å². The van der Waals surface area contributed by atoms with Gasteiger partial charge in [-0.3, -0.25) is 14.5 Å². The van der Waals surface area contributed by atoms with Crippen molar-refractivity contribution in [1.29, 1.82) is 0 Å². The molecule has 2 saturated heterocycles. The summed E-state index contributed by atoms with van der Waals surface area (Å²) in [6.07, 6.45) is 3.79. The molecular weight excluding hydrogens is 370 g/mol. The predicted octanol–water partition coefficient (Wildman–Crippen LogP) is 0.636. The minimum Gasteiger partial charge on any atom is -0.395 e. The molecule has 2 amide bonds. The summed E-state index contributed by atoms with van der Waals surface area (Å²) in [6.45, 7) is 3.67. The summed E-state index contributed by atoms with van der Waals surface area (Å²) in [5.74, 6) is 0.799. The minimum absolute atomic E-state index is 0.0249. The average molecular weight is 399 g/mol. The number of aromatic amines is 1. The summed E-state index contributed by atoms with van der Waals surface area (Å²) in [5.41, 5.74) is 2.21. The highest BCUT2D eigenvalue weighted by atomic mass is 16.3. The fraction of sp³-hybridized carbons (Fsp3) is 0.571. The summed E-state index contributed by atoms with van der Waals surface area (Å²) in [6, 6.07) is 5.79. The van der Waals surface area contributed by atoms with E-state index in [1.807, 2.05) is 25.1 Å². The standard InChI is InChI=1S/C21H29N5O3/c1-14-23-17-5-4-15(10-18(17)24-14)11-19(28)25-16-12-21(20(29)22-7-9-27)6-2-3-8-26(21)13-16/h4-5,10,16,27H,2-3,6-9,11-13H2,1H3,(H,22,29)(H,23,24)(H,25,28)/t16-,21-/m0/s1. The lowest BCUT2D eigenvalue weighted by Crippen LogP contribution is -2.57. The van der Waals surface area contributed by atoms with Crippen LogP contribution in [0, 0.1) is 6.92 Å². The van der Waals surface area contributed by atoms with Crippen molar-refractivity contribution >= 4 is 22.8 Å². The molecule has 29 heavy (non-hydrogen) atoms. The van der Waals surface area contributed by atoms with Gasteiger partial charge in [-0.1, -0.05) is 6.07 Å². The van der Waals surface area contributed by atoms with Crippen LogP contribution in [0.5, 0.6) is 0 Å². The maximum absolute atomic E-state index is 12.8. The van der Waals surface area contributed by atoms with Crippen molar-refractivity contribution in [3.05, 3.63) is 29.6 Å². The van der Waals surface area contributed by atoms with Crippen molar-refractivity contribution in [2.45, 2.75) is 50.6 Å². The molecule has 4 rings (SSSR count). The Labute approximate surface area is 170 Å². The van der Waals surface area contributed by atoms with E-state index in [0.717, 1.165) is 48.2 Å². The van der Waals surface area contributed by atoms with E-state index in [1.165, 1.54) is 0 Å². The highest BCUT2D eigenvalue weighted by molar-refractivity contribution is 5.87. The maximum atomic E-state index is 12.8. The molecule has 0 bridgehead atoms. The number of hydrogen-bond acceptors (Lipinski definition) is 5. The maximum Gasteiger partial charge on any atom is 0.240 e. The summed E-state index contributed by atoms with van der Waals surface area (Å²) >= 11 is 0. The van der Waals surface area contributed by atoms with E-state index in [9.17, 15) is 9.59 Å². The lowest BCUT2D eigenvalue weighted by molar-refractivity contribution is -0.134. The molecule has 2 fully saturated rings. The van der Waals surface area contributed by atoms with Gasteiger partial charge in [0, 0.05) is 19.1 Å². The Bertz CT molecular complexity index is 911. The van der Waals surface area contributed by atoms with E-state index in [4.69, 9.17) is 5.11 Å². The predicted molar refractivity (Wildman–Crippen MR) is 109 cm³/mol. The number of aryl methyl sites for hydroxylation is 1. The van der Waals surface area contributed by atoms with Crippen LogP contribution in [0.4, 0.5) is 0 Å². The van der Waals surface area contributed by atoms with Crippen LogP contribution in [0.2, 0.25) is 0 Å². The Morgan fingerprint density at radius 1 is 1.38 bits per heavy atom. The van der Waals surface area contributed by atoms with Crippen LogP contribution in [-0.2, 0) is 16.0 Å². The highest BCUT2D eigenvalue weighted by Gasteiger charge is 2.51. The summed E-state index contributed by atoms with van der Waals surface area (Å²) < 4.78 is 0. The molecular formula is C21H29N5O3. The smallest absolute Gasteiger partial charge is 0.240 e. The molecule has 8 heteroatoms. The van der Waals surface area contributed by atoms with Gasteiger partial charge in [-0.25, -0.2) is 4.98 Å². The number of benzene rings is 1. The van der Waals surface area contributed by atoms with Gasteiger partial charge in [0.05, 0.1) is 24.1 Å². The molecule has 2 atom stereocenters. The third-order valence-electron chi connectivity index (χ3n) is 6.11. The minimum atomic E-state index is -0.558. The number of nitrogens with zero attached hydrogens (tertiary/aromatic N) is 2. The Kier molecular flexibility index (Phi) is 5.56. The molecule has 8 nitrogen and oxygen atoms in total. The van der Waals surface area contributed by atoms with Crippen molar-refractivity contribution in [3.63, 3.8) is 0 Å². The SMILES string of the molecule is Cc1nc2ccc(CC(=O)N[C@@H]3CN4CCCC[C@@]4(C(=O)NCCO)C3)cc2[nH]1. The number of aliphatic hydroxyl groups excluding tert-OH is 1. The fourth-order valence-electron chi connectivity index (χ4n) is 4.87. The molecule has 0 radical (unpaired) electrons. The highest BCUT2D eigenvalue weighted by Crippen LogP contribution is 2.38. The molecule has 1 aromatic carbocycles. The van der Waals surface area contributed by atoms with Crippen molar-refractivity contribution < 1.29 is 14.7 Å². The van der Waals surface area contributed by atoms with E-state index < -0.39 is 5.54 Å². The Morgan fingerprint density at radius 3 is 3.07 bits per heavy atom. The van der Waals surface area contributed by atoms with Gasteiger partial charge in [-0.2, -0.15) is 0 Å². The van der Waals surface area contributed by atoms with Crippen LogP contribution in [0.25, 0.3) is 11.0 Å². The fourth-order valence-corrected chi connectivity index (χ4v) is 4.87. The van der Waals surface area contributed by atoms with Crippen molar-refractivity contribution in [3.8, 4) is 0 Å². The zero-order valence-electron chi connectivity index (χ0n) is 16.8. The zero-order chi connectivity index (χ0) is 20.4. The molecule has 0 unspecified atom stereocenters. The third kappa shape index (κ3) is 4.00. The van der Waals surface area contributed by atoms with Gasteiger partial charge in [0.2, 0.25) is 11.8 Å². The number of fused-ring (bicyclic) bond motifs is 2. The number of carbonyl (C=O) groups is 2. The topological polar surface area (TPSA) is 110 Å². The Morgan fingerprint density at radius 2 is 2.24 bits per heavy atom. The normalized spacial score (nSPS) is 24.4. The number of hydrogen-bond donors (Lipinski definition) is 4. The zero-order valence-corrected chi connectivity index (χ0v) is 16.8. The van der Waals surface area contributed by atoms with E-state index in [1.54, 1.807) is 0 Å². The van der Waals surface area contributed by atoms with Gasteiger partial charge in [0.25, 0.3) is 0 Å². The second-order valence-corrected chi connectivity index (χ2v) is 8.23. The largest absolute Gasteiger partial charge is 0.395 e. The van der Waals surface area contributed by atoms with Crippen LogP contribution >= 0.6 is 0 Å². The number of aromatic nitrogens is 2. The van der Waals surface area contributed by atoms with Crippen LogP contribution in [0.15, 0.2) is 18.2 Å². The van der Waals surface area contributed by atoms with Crippen molar-refractivity contribution in [2.24, 2.45) is 0 Å².